The third-order valence-electron chi connectivity index (χ3n) is 3.96. The van der Waals surface area contributed by atoms with Crippen molar-refractivity contribution >= 4 is 17.0 Å². The van der Waals surface area contributed by atoms with Crippen molar-refractivity contribution in [2.24, 2.45) is 7.05 Å². The molecule has 7 heteroatoms. The second kappa shape index (κ2) is 5.66. The third kappa shape index (κ3) is 2.34. The van der Waals surface area contributed by atoms with Crippen LogP contribution in [0.2, 0.25) is 0 Å². The van der Waals surface area contributed by atoms with Crippen LogP contribution in [0.4, 0.5) is 0 Å². The number of pyridine rings is 2. The number of carbonyl (C=O) groups is 1. The summed E-state index contributed by atoms with van der Waals surface area (Å²) in [6, 6.07) is 5.29. The highest BCUT2D eigenvalue weighted by atomic mass is 16.4. The van der Waals surface area contributed by atoms with Gasteiger partial charge < -0.3 is 14.7 Å². The molecule has 0 aliphatic carbocycles. The molecule has 3 rings (SSSR count). The zero-order valence-electron chi connectivity index (χ0n) is 13.1. The number of rotatable bonds is 3. The summed E-state index contributed by atoms with van der Waals surface area (Å²) in [4.78, 5) is 30.1. The number of carboxylic acids is 1. The van der Waals surface area contributed by atoms with Gasteiger partial charge in [-0.15, -0.1) is 0 Å². The first-order valence-corrected chi connectivity index (χ1v) is 7.31. The van der Waals surface area contributed by atoms with Crippen molar-refractivity contribution in [1.29, 1.82) is 5.26 Å². The minimum absolute atomic E-state index is 0.290. The highest BCUT2D eigenvalue weighted by Gasteiger charge is 2.16. The maximum atomic E-state index is 12.0. The van der Waals surface area contributed by atoms with Crippen LogP contribution in [0.5, 0.6) is 0 Å². The van der Waals surface area contributed by atoms with Crippen LogP contribution >= 0.6 is 0 Å². The van der Waals surface area contributed by atoms with E-state index < -0.39 is 11.5 Å². The zero-order valence-corrected chi connectivity index (χ0v) is 13.1. The number of nitrogens with one attached hydrogen (secondary N) is 1. The van der Waals surface area contributed by atoms with Crippen LogP contribution in [0.1, 0.15) is 28.4 Å². The first-order chi connectivity index (χ1) is 11.5. The molecule has 0 aliphatic rings. The van der Waals surface area contributed by atoms with E-state index in [4.69, 9.17) is 5.11 Å². The summed E-state index contributed by atoms with van der Waals surface area (Å²) in [5.74, 6) is -1.26. The van der Waals surface area contributed by atoms with Crippen LogP contribution in [0.25, 0.3) is 22.3 Å². The molecule has 3 aromatic heterocycles. The molecule has 0 spiro atoms. The van der Waals surface area contributed by atoms with Crippen molar-refractivity contribution < 1.29 is 9.90 Å². The van der Waals surface area contributed by atoms with Crippen LogP contribution in [-0.4, -0.2) is 25.6 Å². The molecule has 2 N–H and O–H groups in total. The third-order valence-corrected chi connectivity index (χ3v) is 3.96. The van der Waals surface area contributed by atoms with Gasteiger partial charge in [-0.3, -0.25) is 4.79 Å². The number of aromatic carboxylic acids is 1. The Kier molecular flexibility index (Phi) is 3.66. The van der Waals surface area contributed by atoms with E-state index in [-0.39, 0.29) is 5.56 Å². The van der Waals surface area contributed by atoms with E-state index in [1.165, 1.54) is 6.07 Å². The maximum Gasteiger partial charge on any atom is 0.341 e. The standard InChI is InChI=1S/C17H14N4O3/c1-3-9-4-13(17(23)24)16(22)20-14(9)10-5-12-11(6-18)8-21(2)15(12)19-7-10/h4-5,7-8H,3H2,1-2H3,(H,20,22)(H,23,24). The monoisotopic (exact) mass is 322 g/mol. The number of nitrogens with zero attached hydrogens (tertiary/aromatic N) is 3. The fourth-order valence-corrected chi connectivity index (χ4v) is 2.76. The second-order valence-corrected chi connectivity index (χ2v) is 5.43. The molecule has 7 nitrogen and oxygen atoms in total. The summed E-state index contributed by atoms with van der Waals surface area (Å²) in [6.45, 7) is 1.87. The van der Waals surface area contributed by atoms with Gasteiger partial charge in [-0.1, -0.05) is 6.92 Å². The van der Waals surface area contributed by atoms with Gasteiger partial charge in [0.05, 0.1) is 11.3 Å². The number of aryl methyl sites for hydroxylation is 2. The Labute approximate surface area is 136 Å². The first-order valence-electron chi connectivity index (χ1n) is 7.31. The Morgan fingerprint density at radius 1 is 1.46 bits per heavy atom. The SMILES string of the molecule is CCc1cc(C(=O)O)c(=O)[nH]c1-c1cnc2c(c1)c(C#N)cn2C. The fourth-order valence-electron chi connectivity index (χ4n) is 2.76. The molecule has 0 bridgehead atoms. The van der Waals surface area contributed by atoms with Crippen molar-refractivity contribution in [3.05, 3.63) is 51.6 Å². The second-order valence-electron chi connectivity index (χ2n) is 5.43. The Morgan fingerprint density at radius 3 is 2.83 bits per heavy atom. The van der Waals surface area contributed by atoms with Gasteiger partial charge in [0.25, 0.3) is 5.56 Å². The lowest BCUT2D eigenvalue weighted by molar-refractivity contribution is 0.0695. The lowest BCUT2D eigenvalue weighted by Gasteiger charge is -2.09. The largest absolute Gasteiger partial charge is 0.477 e. The molecule has 120 valence electrons. The minimum Gasteiger partial charge on any atom is -0.477 e. The van der Waals surface area contributed by atoms with Crippen molar-refractivity contribution in [2.45, 2.75) is 13.3 Å². The van der Waals surface area contributed by atoms with Crippen molar-refractivity contribution in [2.75, 3.05) is 0 Å². The molecule has 0 aromatic carbocycles. The van der Waals surface area contributed by atoms with Crippen LogP contribution in [0.3, 0.4) is 0 Å². The zero-order chi connectivity index (χ0) is 17.4. The molecule has 0 saturated heterocycles. The van der Waals surface area contributed by atoms with E-state index >= 15 is 0 Å². The molecule has 0 radical (unpaired) electrons. The molecule has 3 aromatic rings. The first kappa shape index (κ1) is 15.5. The molecule has 0 amide bonds. The molecule has 0 saturated carbocycles. The number of carboxylic acid groups (broad SMARTS) is 1. The normalized spacial score (nSPS) is 10.7. The quantitative estimate of drug-likeness (QED) is 0.766. The molecular weight excluding hydrogens is 308 g/mol. The summed E-state index contributed by atoms with van der Waals surface area (Å²) < 4.78 is 1.76. The van der Waals surface area contributed by atoms with Gasteiger partial charge in [0.15, 0.2) is 0 Å². The lowest BCUT2D eigenvalue weighted by atomic mass is 10.0. The average Bonchev–Trinajstić information content (AvgIpc) is 2.89. The van der Waals surface area contributed by atoms with E-state index in [0.29, 0.717) is 39.8 Å². The van der Waals surface area contributed by atoms with Gasteiger partial charge in [0, 0.05) is 30.4 Å². The van der Waals surface area contributed by atoms with E-state index in [1.54, 1.807) is 30.1 Å². The van der Waals surface area contributed by atoms with E-state index in [0.717, 1.165) is 0 Å². The van der Waals surface area contributed by atoms with Gasteiger partial charge >= 0.3 is 5.97 Å². The summed E-state index contributed by atoms with van der Waals surface area (Å²) >= 11 is 0. The number of fused-ring (bicyclic) bond motifs is 1. The fraction of sp³-hybridized carbons (Fsp3) is 0.176. The number of hydrogen-bond donors (Lipinski definition) is 2. The van der Waals surface area contributed by atoms with Gasteiger partial charge in [0.2, 0.25) is 0 Å². The Hall–Kier alpha value is -3.40. The van der Waals surface area contributed by atoms with E-state index in [9.17, 15) is 14.9 Å². The van der Waals surface area contributed by atoms with Crippen molar-refractivity contribution in [1.82, 2.24) is 14.5 Å². The van der Waals surface area contributed by atoms with Crippen LogP contribution in [-0.2, 0) is 13.5 Å². The molecule has 24 heavy (non-hydrogen) atoms. The smallest absolute Gasteiger partial charge is 0.341 e. The highest BCUT2D eigenvalue weighted by molar-refractivity contribution is 5.89. The lowest BCUT2D eigenvalue weighted by Crippen LogP contribution is -2.19. The van der Waals surface area contributed by atoms with Gasteiger partial charge in [-0.2, -0.15) is 5.26 Å². The molecule has 0 aliphatic heterocycles. The number of aromatic amines is 1. The number of H-pyrrole nitrogens is 1. The van der Waals surface area contributed by atoms with Crippen molar-refractivity contribution in [3.63, 3.8) is 0 Å². The van der Waals surface area contributed by atoms with Crippen molar-refractivity contribution in [3.8, 4) is 17.3 Å². The molecule has 3 heterocycles. The van der Waals surface area contributed by atoms with Gasteiger partial charge in [-0.25, -0.2) is 9.78 Å². The highest BCUT2D eigenvalue weighted by Crippen LogP contribution is 2.26. The Morgan fingerprint density at radius 2 is 2.21 bits per heavy atom. The van der Waals surface area contributed by atoms with Crippen LogP contribution < -0.4 is 5.56 Å². The Bertz CT molecular complexity index is 1070. The molecular formula is C17H14N4O3. The predicted molar refractivity (Wildman–Crippen MR) is 87.8 cm³/mol. The topological polar surface area (TPSA) is 112 Å². The van der Waals surface area contributed by atoms with Gasteiger partial charge in [0.1, 0.15) is 17.3 Å². The van der Waals surface area contributed by atoms with Gasteiger partial charge in [-0.05, 0) is 24.1 Å². The molecule has 0 unspecified atom stereocenters. The van der Waals surface area contributed by atoms with Crippen LogP contribution in [0.15, 0.2) is 29.3 Å². The molecule has 0 fully saturated rings. The predicted octanol–water partition coefficient (Wildman–Crippen LogP) is 2.06. The summed E-state index contributed by atoms with van der Waals surface area (Å²) in [6.07, 6.45) is 3.84. The Balaban J connectivity index is 2.28. The van der Waals surface area contributed by atoms with Crippen LogP contribution in [0, 0.1) is 11.3 Å². The average molecular weight is 322 g/mol. The summed E-state index contributed by atoms with van der Waals surface area (Å²) in [5.41, 5.74) is 2.06. The summed E-state index contributed by atoms with van der Waals surface area (Å²) in [5, 5.41) is 19.0. The maximum absolute atomic E-state index is 12.0. The number of nitriles is 1. The molecule has 0 atom stereocenters. The number of hydrogen-bond acceptors (Lipinski definition) is 4. The van der Waals surface area contributed by atoms with E-state index in [2.05, 4.69) is 16.0 Å². The van der Waals surface area contributed by atoms with E-state index in [1.807, 2.05) is 6.92 Å². The summed E-state index contributed by atoms with van der Waals surface area (Å²) in [7, 11) is 1.80. The minimum atomic E-state index is -1.26. The number of aromatic nitrogens is 3.